The summed E-state index contributed by atoms with van der Waals surface area (Å²) < 4.78 is 51.3. The maximum atomic E-state index is 13.3. The third-order valence-corrected chi connectivity index (χ3v) is 3.79. The van der Waals surface area contributed by atoms with Crippen molar-refractivity contribution in [3.63, 3.8) is 0 Å². The second-order valence-electron chi connectivity index (χ2n) is 5.19. The average molecular weight is 312 g/mol. The van der Waals surface area contributed by atoms with E-state index in [2.05, 4.69) is 0 Å². The minimum atomic E-state index is -4.54. The van der Waals surface area contributed by atoms with E-state index in [4.69, 9.17) is 5.73 Å². The van der Waals surface area contributed by atoms with E-state index in [-0.39, 0.29) is 23.9 Å². The Morgan fingerprint density at radius 1 is 1.05 bits per heavy atom. The predicted molar refractivity (Wildman–Crippen MR) is 72.2 cm³/mol. The molecule has 1 aliphatic carbocycles. The summed E-state index contributed by atoms with van der Waals surface area (Å²) in [4.78, 5) is 0. The largest absolute Gasteiger partial charge is 0.416 e. The van der Waals surface area contributed by atoms with Gasteiger partial charge in [-0.05, 0) is 42.5 Å². The molecule has 2 N–H and O–H groups in total. The van der Waals surface area contributed by atoms with Crippen molar-refractivity contribution < 1.29 is 17.6 Å². The first-order chi connectivity index (χ1) is 8.88. The van der Waals surface area contributed by atoms with Crippen LogP contribution in [0.2, 0.25) is 0 Å². The normalized spacial score (nSPS) is 18.4. The number of nitrogens with two attached hydrogens (primary N) is 1. The Labute approximate surface area is 122 Å². The van der Waals surface area contributed by atoms with E-state index in [1.54, 1.807) is 0 Å². The highest BCUT2D eigenvalue weighted by molar-refractivity contribution is 5.85. The van der Waals surface area contributed by atoms with Gasteiger partial charge in [-0.15, -0.1) is 12.4 Å². The van der Waals surface area contributed by atoms with Gasteiger partial charge >= 0.3 is 6.18 Å². The molecule has 1 atom stereocenters. The van der Waals surface area contributed by atoms with Gasteiger partial charge in [-0.3, -0.25) is 0 Å². The zero-order valence-corrected chi connectivity index (χ0v) is 11.7. The molecule has 0 bridgehead atoms. The Hall–Kier alpha value is -0.810. The molecule has 0 aromatic heterocycles. The van der Waals surface area contributed by atoms with Crippen molar-refractivity contribution >= 4 is 12.4 Å². The molecule has 6 heteroatoms. The molecule has 0 heterocycles. The van der Waals surface area contributed by atoms with Crippen LogP contribution in [0.5, 0.6) is 0 Å². The Morgan fingerprint density at radius 3 is 2.20 bits per heavy atom. The summed E-state index contributed by atoms with van der Waals surface area (Å²) in [5, 5.41) is 0. The van der Waals surface area contributed by atoms with E-state index in [1.807, 2.05) is 0 Å². The molecule has 1 saturated carbocycles. The standard InChI is InChI=1S/C14H17F4N.ClH/c15-12-7-10(6-11(8-12)14(16,17)18)13(19)9-4-2-1-3-5-9;/h6-9,13H,1-5,19H2;1H/t13-;/m0./s1. The first-order valence-electron chi connectivity index (χ1n) is 6.51. The van der Waals surface area contributed by atoms with Gasteiger partial charge in [0.05, 0.1) is 5.56 Å². The van der Waals surface area contributed by atoms with Gasteiger partial charge in [-0.25, -0.2) is 4.39 Å². The van der Waals surface area contributed by atoms with Crippen molar-refractivity contribution in [3.8, 4) is 0 Å². The van der Waals surface area contributed by atoms with Crippen molar-refractivity contribution in [2.45, 2.75) is 44.3 Å². The van der Waals surface area contributed by atoms with Gasteiger partial charge in [0.2, 0.25) is 0 Å². The summed E-state index contributed by atoms with van der Waals surface area (Å²) in [6.45, 7) is 0. The summed E-state index contributed by atoms with van der Waals surface area (Å²) in [6, 6.07) is 2.09. The van der Waals surface area contributed by atoms with E-state index in [0.717, 1.165) is 44.2 Å². The summed E-state index contributed by atoms with van der Waals surface area (Å²) in [5.41, 5.74) is 5.30. The van der Waals surface area contributed by atoms with Gasteiger partial charge in [0.1, 0.15) is 5.82 Å². The zero-order chi connectivity index (χ0) is 14.0. The van der Waals surface area contributed by atoms with Crippen LogP contribution in [0.4, 0.5) is 17.6 Å². The Morgan fingerprint density at radius 2 is 1.65 bits per heavy atom. The van der Waals surface area contributed by atoms with Gasteiger partial charge < -0.3 is 5.73 Å². The monoisotopic (exact) mass is 311 g/mol. The quantitative estimate of drug-likeness (QED) is 0.777. The topological polar surface area (TPSA) is 26.0 Å². The van der Waals surface area contributed by atoms with Crippen molar-refractivity contribution in [2.75, 3.05) is 0 Å². The second kappa shape index (κ2) is 6.76. The van der Waals surface area contributed by atoms with Gasteiger partial charge in [0, 0.05) is 6.04 Å². The van der Waals surface area contributed by atoms with E-state index in [9.17, 15) is 17.6 Å². The molecule has 1 aromatic rings. The molecular formula is C14H18ClF4N. The summed E-state index contributed by atoms with van der Waals surface area (Å²) in [5.74, 6) is -0.729. The molecule has 0 aliphatic heterocycles. The van der Waals surface area contributed by atoms with Crippen molar-refractivity contribution in [1.29, 1.82) is 0 Å². The number of alkyl halides is 3. The fraction of sp³-hybridized carbons (Fsp3) is 0.571. The molecule has 114 valence electrons. The molecule has 1 aliphatic rings. The molecule has 1 nitrogen and oxygen atoms in total. The van der Waals surface area contributed by atoms with E-state index in [1.165, 1.54) is 0 Å². The lowest BCUT2D eigenvalue weighted by Gasteiger charge is -2.28. The van der Waals surface area contributed by atoms with Crippen molar-refractivity contribution in [3.05, 3.63) is 35.1 Å². The molecule has 1 fully saturated rings. The van der Waals surface area contributed by atoms with Crippen LogP contribution in [0.25, 0.3) is 0 Å². The first kappa shape index (κ1) is 17.2. The van der Waals surface area contributed by atoms with Gasteiger partial charge in [0.15, 0.2) is 0 Å². The number of hydrogen-bond donors (Lipinski definition) is 1. The smallest absolute Gasteiger partial charge is 0.324 e. The average Bonchev–Trinajstić information content (AvgIpc) is 2.37. The Balaban J connectivity index is 0.00000200. The minimum Gasteiger partial charge on any atom is -0.324 e. The third-order valence-electron chi connectivity index (χ3n) is 3.79. The van der Waals surface area contributed by atoms with Gasteiger partial charge in [-0.2, -0.15) is 13.2 Å². The Kier molecular flexibility index (Phi) is 5.83. The fourth-order valence-corrected chi connectivity index (χ4v) is 2.73. The zero-order valence-electron chi connectivity index (χ0n) is 10.9. The number of benzene rings is 1. The molecular weight excluding hydrogens is 294 g/mol. The van der Waals surface area contributed by atoms with Crippen LogP contribution >= 0.6 is 12.4 Å². The third kappa shape index (κ3) is 4.09. The highest BCUT2D eigenvalue weighted by Crippen LogP contribution is 2.36. The number of halogens is 5. The lowest BCUT2D eigenvalue weighted by molar-refractivity contribution is -0.137. The molecule has 0 saturated heterocycles. The maximum Gasteiger partial charge on any atom is 0.416 e. The summed E-state index contributed by atoms with van der Waals surface area (Å²) in [6.07, 6.45) is 0.487. The summed E-state index contributed by atoms with van der Waals surface area (Å²) >= 11 is 0. The second-order valence-corrected chi connectivity index (χ2v) is 5.19. The van der Waals surface area contributed by atoms with Crippen LogP contribution in [0.3, 0.4) is 0 Å². The lowest BCUT2D eigenvalue weighted by Crippen LogP contribution is -2.24. The molecule has 20 heavy (non-hydrogen) atoms. The van der Waals surface area contributed by atoms with E-state index >= 15 is 0 Å². The molecule has 0 radical (unpaired) electrons. The van der Waals surface area contributed by atoms with Crippen molar-refractivity contribution in [1.82, 2.24) is 0 Å². The van der Waals surface area contributed by atoms with Crippen LogP contribution in [0, 0.1) is 11.7 Å². The SMILES string of the molecule is Cl.N[C@H](c1cc(F)cc(C(F)(F)F)c1)C1CCCCC1. The van der Waals surface area contributed by atoms with Crippen molar-refractivity contribution in [2.24, 2.45) is 11.7 Å². The molecule has 0 spiro atoms. The predicted octanol–water partition coefficient (Wildman–Crippen LogP) is 4.85. The molecule has 1 aromatic carbocycles. The van der Waals surface area contributed by atoms with E-state index in [0.29, 0.717) is 6.07 Å². The lowest BCUT2D eigenvalue weighted by atomic mass is 9.81. The number of hydrogen-bond acceptors (Lipinski definition) is 1. The van der Waals surface area contributed by atoms with Crippen LogP contribution < -0.4 is 5.73 Å². The van der Waals surface area contributed by atoms with Crippen LogP contribution in [-0.2, 0) is 6.18 Å². The highest BCUT2D eigenvalue weighted by Gasteiger charge is 2.32. The maximum absolute atomic E-state index is 13.3. The summed E-state index contributed by atoms with van der Waals surface area (Å²) in [7, 11) is 0. The number of rotatable bonds is 2. The van der Waals surface area contributed by atoms with Crippen LogP contribution in [0.1, 0.15) is 49.3 Å². The first-order valence-corrected chi connectivity index (χ1v) is 6.51. The molecule has 2 rings (SSSR count). The van der Waals surface area contributed by atoms with E-state index < -0.39 is 23.6 Å². The van der Waals surface area contributed by atoms with Crippen LogP contribution in [-0.4, -0.2) is 0 Å². The molecule has 0 amide bonds. The highest BCUT2D eigenvalue weighted by atomic mass is 35.5. The molecule has 0 unspecified atom stereocenters. The van der Waals surface area contributed by atoms with Crippen LogP contribution in [0.15, 0.2) is 18.2 Å². The minimum absolute atomic E-state index is 0. The fourth-order valence-electron chi connectivity index (χ4n) is 2.73. The Bertz CT molecular complexity index is 441. The van der Waals surface area contributed by atoms with Gasteiger partial charge in [-0.1, -0.05) is 19.3 Å². The van der Waals surface area contributed by atoms with Gasteiger partial charge in [0.25, 0.3) is 0 Å².